The monoisotopic (exact) mass is 306 g/mol. The maximum Gasteiger partial charge on any atom is 0.306 e. The lowest BCUT2D eigenvalue weighted by atomic mass is 9.78. The predicted molar refractivity (Wildman–Crippen MR) is 90.3 cm³/mol. The van der Waals surface area contributed by atoms with Crippen LogP contribution in [-0.4, -0.2) is 16.2 Å². The van der Waals surface area contributed by atoms with Crippen molar-refractivity contribution in [1.82, 2.24) is 0 Å². The Morgan fingerprint density at radius 3 is 2.27 bits per heavy atom. The van der Waals surface area contributed by atoms with Crippen molar-refractivity contribution in [3.63, 3.8) is 0 Å². The third-order valence-electron chi connectivity index (χ3n) is 4.52. The fourth-order valence-corrected chi connectivity index (χ4v) is 2.80. The zero-order valence-corrected chi connectivity index (χ0v) is 14.1. The van der Waals surface area contributed by atoms with E-state index in [-0.39, 0.29) is 17.1 Å². The van der Waals surface area contributed by atoms with Gasteiger partial charge in [-0.25, -0.2) is 0 Å². The number of phenols is 1. The minimum atomic E-state index is -0.669. The first-order valence-corrected chi connectivity index (χ1v) is 8.39. The molecule has 3 heteroatoms. The summed E-state index contributed by atoms with van der Waals surface area (Å²) in [7, 11) is 0. The predicted octanol–water partition coefficient (Wildman–Crippen LogP) is 5.12. The fourth-order valence-electron chi connectivity index (χ4n) is 2.80. The molecule has 0 radical (unpaired) electrons. The van der Waals surface area contributed by atoms with Crippen LogP contribution in [0.25, 0.3) is 0 Å². The molecule has 0 bridgehead atoms. The van der Waals surface area contributed by atoms with Gasteiger partial charge in [-0.2, -0.15) is 0 Å². The number of carboxylic acid groups (broad SMARTS) is 1. The standard InChI is InChI=1S/C19H30O3/c1-4-5-6-7-8-15(18(21)22)13-14-19(2,3)16-9-11-17(20)12-10-16/h9-12,15,20H,4-8,13-14H2,1-3H3,(H,21,22). The van der Waals surface area contributed by atoms with Crippen LogP contribution < -0.4 is 0 Å². The molecular formula is C19H30O3. The molecule has 0 fully saturated rings. The molecule has 0 spiro atoms. The normalized spacial score (nSPS) is 13.0. The number of rotatable bonds is 10. The van der Waals surface area contributed by atoms with Gasteiger partial charge < -0.3 is 10.2 Å². The Balaban J connectivity index is 2.55. The number of phenolic OH excluding ortho intramolecular Hbond substituents is 1. The Morgan fingerprint density at radius 1 is 1.09 bits per heavy atom. The highest BCUT2D eigenvalue weighted by Crippen LogP contribution is 2.32. The summed E-state index contributed by atoms with van der Waals surface area (Å²) in [6, 6.07) is 7.23. The second-order valence-corrected chi connectivity index (χ2v) is 6.85. The first-order chi connectivity index (χ1) is 10.4. The van der Waals surface area contributed by atoms with Gasteiger partial charge in [-0.1, -0.05) is 58.6 Å². The van der Waals surface area contributed by atoms with Gasteiger partial charge in [0, 0.05) is 0 Å². The molecule has 0 aliphatic heterocycles. The molecule has 3 nitrogen and oxygen atoms in total. The van der Waals surface area contributed by atoms with E-state index in [0.717, 1.165) is 31.2 Å². The van der Waals surface area contributed by atoms with Crippen molar-refractivity contribution in [3.8, 4) is 5.75 Å². The summed E-state index contributed by atoms with van der Waals surface area (Å²) in [5, 5.41) is 18.8. The molecule has 1 unspecified atom stereocenters. The highest BCUT2D eigenvalue weighted by atomic mass is 16.4. The van der Waals surface area contributed by atoms with Crippen molar-refractivity contribution in [2.45, 2.75) is 71.1 Å². The van der Waals surface area contributed by atoms with Crippen LogP contribution in [0.3, 0.4) is 0 Å². The van der Waals surface area contributed by atoms with E-state index in [9.17, 15) is 15.0 Å². The first-order valence-electron chi connectivity index (χ1n) is 8.39. The molecule has 0 saturated carbocycles. The third kappa shape index (κ3) is 6.08. The Kier molecular flexibility index (Phi) is 7.43. The Morgan fingerprint density at radius 2 is 1.73 bits per heavy atom. The molecule has 1 atom stereocenters. The van der Waals surface area contributed by atoms with Crippen molar-refractivity contribution in [3.05, 3.63) is 29.8 Å². The van der Waals surface area contributed by atoms with E-state index in [1.807, 2.05) is 12.1 Å². The number of unbranched alkanes of at least 4 members (excludes halogenated alkanes) is 3. The molecule has 1 aromatic carbocycles. The average molecular weight is 306 g/mol. The van der Waals surface area contributed by atoms with Crippen LogP contribution in [0.1, 0.15) is 71.3 Å². The molecule has 0 heterocycles. The van der Waals surface area contributed by atoms with Crippen molar-refractivity contribution in [1.29, 1.82) is 0 Å². The maximum absolute atomic E-state index is 11.4. The maximum atomic E-state index is 11.4. The van der Waals surface area contributed by atoms with E-state index in [4.69, 9.17) is 0 Å². The smallest absolute Gasteiger partial charge is 0.306 e. The van der Waals surface area contributed by atoms with Gasteiger partial charge in [0.2, 0.25) is 0 Å². The van der Waals surface area contributed by atoms with E-state index in [1.54, 1.807) is 12.1 Å². The SMILES string of the molecule is CCCCCCC(CCC(C)(C)c1ccc(O)cc1)C(=O)O. The molecule has 22 heavy (non-hydrogen) atoms. The van der Waals surface area contributed by atoms with Gasteiger partial charge in [-0.15, -0.1) is 0 Å². The molecule has 1 aromatic rings. The van der Waals surface area contributed by atoms with Crippen LogP contribution in [0, 0.1) is 5.92 Å². The molecule has 0 aromatic heterocycles. The minimum absolute atomic E-state index is 0.0786. The number of benzene rings is 1. The van der Waals surface area contributed by atoms with Gasteiger partial charge >= 0.3 is 5.97 Å². The van der Waals surface area contributed by atoms with Gasteiger partial charge in [-0.05, 0) is 42.4 Å². The topological polar surface area (TPSA) is 57.5 Å². The molecule has 0 aliphatic rings. The van der Waals surface area contributed by atoms with Gasteiger partial charge in [0.15, 0.2) is 0 Å². The van der Waals surface area contributed by atoms with E-state index < -0.39 is 5.97 Å². The number of aromatic hydroxyl groups is 1. The number of aliphatic carboxylic acids is 1. The van der Waals surface area contributed by atoms with Gasteiger partial charge in [0.05, 0.1) is 5.92 Å². The molecule has 0 amide bonds. The second kappa shape index (κ2) is 8.82. The molecule has 0 aliphatic carbocycles. The third-order valence-corrected chi connectivity index (χ3v) is 4.52. The van der Waals surface area contributed by atoms with Crippen LogP contribution in [0.5, 0.6) is 5.75 Å². The quantitative estimate of drug-likeness (QED) is 0.590. The Labute approximate surface area is 134 Å². The minimum Gasteiger partial charge on any atom is -0.508 e. The molecule has 2 N–H and O–H groups in total. The van der Waals surface area contributed by atoms with Gasteiger partial charge in [-0.3, -0.25) is 4.79 Å². The van der Waals surface area contributed by atoms with Crippen LogP contribution in [0.4, 0.5) is 0 Å². The summed E-state index contributed by atoms with van der Waals surface area (Å²) in [5.41, 5.74) is 1.06. The first kappa shape index (κ1) is 18.5. The van der Waals surface area contributed by atoms with Crippen LogP contribution >= 0.6 is 0 Å². The largest absolute Gasteiger partial charge is 0.508 e. The second-order valence-electron chi connectivity index (χ2n) is 6.85. The number of hydrogen-bond donors (Lipinski definition) is 2. The molecule has 124 valence electrons. The summed E-state index contributed by atoms with van der Waals surface area (Å²) in [6.45, 7) is 6.43. The van der Waals surface area contributed by atoms with Crippen molar-refractivity contribution in [2.24, 2.45) is 5.92 Å². The summed E-state index contributed by atoms with van der Waals surface area (Å²) in [5.74, 6) is -0.648. The number of hydrogen-bond acceptors (Lipinski definition) is 2. The lowest BCUT2D eigenvalue weighted by Gasteiger charge is -2.27. The zero-order chi connectivity index (χ0) is 16.6. The Bertz CT molecular complexity index is 448. The molecular weight excluding hydrogens is 276 g/mol. The van der Waals surface area contributed by atoms with E-state index in [2.05, 4.69) is 20.8 Å². The lowest BCUT2D eigenvalue weighted by Crippen LogP contribution is -2.21. The van der Waals surface area contributed by atoms with Gasteiger partial charge in [0.1, 0.15) is 5.75 Å². The lowest BCUT2D eigenvalue weighted by molar-refractivity contribution is -0.142. The van der Waals surface area contributed by atoms with Crippen molar-refractivity contribution >= 4 is 5.97 Å². The highest BCUT2D eigenvalue weighted by Gasteiger charge is 2.25. The molecule has 0 saturated heterocycles. The van der Waals surface area contributed by atoms with Crippen LogP contribution in [0.15, 0.2) is 24.3 Å². The van der Waals surface area contributed by atoms with E-state index >= 15 is 0 Å². The summed E-state index contributed by atoms with van der Waals surface area (Å²) in [4.78, 5) is 11.4. The van der Waals surface area contributed by atoms with Crippen LogP contribution in [0.2, 0.25) is 0 Å². The fraction of sp³-hybridized carbons (Fsp3) is 0.632. The molecule has 1 rings (SSSR count). The zero-order valence-electron chi connectivity index (χ0n) is 14.1. The van der Waals surface area contributed by atoms with Gasteiger partial charge in [0.25, 0.3) is 0 Å². The Hall–Kier alpha value is -1.51. The summed E-state index contributed by atoms with van der Waals surface area (Å²) < 4.78 is 0. The number of carboxylic acids is 1. The van der Waals surface area contributed by atoms with E-state index in [0.29, 0.717) is 6.42 Å². The van der Waals surface area contributed by atoms with Crippen LogP contribution in [-0.2, 0) is 10.2 Å². The van der Waals surface area contributed by atoms with Crippen molar-refractivity contribution in [2.75, 3.05) is 0 Å². The number of carbonyl (C=O) groups is 1. The summed E-state index contributed by atoms with van der Waals surface area (Å²) >= 11 is 0. The summed E-state index contributed by atoms with van der Waals surface area (Å²) in [6.07, 6.45) is 6.81. The average Bonchev–Trinajstić information content (AvgIpc) is 2.46. The van der Waals surface area contributed by atoms with E-state index in [1.165, 1.54) is 12.8 Å². The highest BCUT2D eigenvalue weighted by molar-refractivity contribution is 5.69. The van der Waals surface area contributed by atoms with Crippen molar-refractivity contribution < 1.29 is 15.0 Å².